The van der Waals surface area contributed by atoms with Crippen LogP contribution in [0.1, 0.15) is 10.4 Å². The van der Waals surface area contributed by atoms with E-state index >= 15 is 0 Å². The van der Waals surface area contributed by atoms with Gasteiger partial charge in [0.05, 0.1) is 17.8 Å². The molecule has 1 amide bonds. The van der Waals surface area contributed by atoms with E-state index in [2.05, 4.69) is 33.1 Å². The first-order chi connectivity index (χ1) is 6.69. The number of hydrogen-bond acceptors (Lipinski definition) is 3. The zero-order valence-electron chi connectivity index (χ0n) is 7.28. The highest BCUT2D eigenvalue weighted by molar-refractivity contribution is 9.10. The van der Waals surface area contributed by atoms with E-state index in [4.69, 9.17) is 4.74 Å². The number of hydrogen-bond donors (Lipinski definition) is 0. The summed E-state index contributed by atoms with van der Waals surface area (Å²) in [7, 11) is 1.49. The lowest BCUT2D eigenvalue weighted by Gasteiger charge is -2.04. The molecule has 0 saturated heterocycles. The van der Waals surface area contributed by atoms with Crippen molar-refractivity contribution in [1.82, 2.24) is 0 Å². The number of halogens is 1. The molecular weight excluding hydrogens is 266 g/mol. The molecule has 0 heterocycles. The van der Waals surface area contributed by atoms with Crippen LogP contribution < -0.4 is 4.74 Å². The van der Waals surface area contributed by atoms with E-state index in [0.717, 1.165) is 4.47 Å². The molecule has 0 fully saturated rings. The number of thiocarbonyl (C=S) groups is 1. The van der Waals surface area contributed by atoms with Gasteiger partial charge in [0, 0.05) is 4.47 Å². The van der Waals surface area contributed by atoms with Gasteiger partial charge in [0.25, 0.3) is 5.91 Å². The highest BCUT2D eigenvalue weighted by Crippen LogP contribution is 2.23. The van der Waals surface area contributed by atoms with Crippen LogP contribution >= 0.6 is 28.1 Å². The van der Waals surface area contributed by atoms with E-state index < -0.39 is 5.91 Å². The van der Waals surface area contributed by atoms with E-state index in [-0.39, 0.29) is 0 Å². The normalized spacial score (nSPS) is 9.00. The fourth-order valence-electron chi connectivity index (χ4n) is 0.949. The number of amides is 1. The Labute approximate surface area is 94.9 Å². The summed E-state index contributed by atoms with van der Waals surface area (Å²) in [4.78, 5) is 14.7. The second kappa shape index (κ2) is 5.00. The van der Waals surface area contributed by atoms with E-state index in [9.17, 15) is 4.79 Å². The van der Waals surface area contributed by atoms with Gasteiger partial charge >= 0.3 is 0 Å². The number of methoxy groups -OCH3 is 1. The minimum Gasteiger partial charge on any atom is -0.496 e. The molecule has 5 heteroatoms. The Morgan fingerprint density at radius 2 is 2.36 bits per heavy atom. The fraction of sp³-hybridized carbons (Fsp3) is 0.111. The molecule has 0 aliphatic rings. The van der Waals surface area contributed by atoms with Gasteiger partial charge in [-0.1, -0.05) is 15.9 Å². The van der Waals surface area contributed by atoms with Crippen molar-refractivity contribution in [2.75, 3.05) is 7.11 Å². The molecule has 0 bridgehead atoms. The molecule has 0 spiro atoms. The van der Waals surface area contributed by atoms with Crippen molar-refractivity contribution in [3.05, 3.63) is 28.2 Å². The van der Waals surface area contributed by atoms with Crippen LogP contribution in [0.25, 0.3) is 0 Å². The van der Waals surface area contributed by atoms with Crippen molar-refractivity contribution >= 4 is 39.2 Å². The minimum absolute atomic E-state index is 0.360. The Hall–Kier alpha value is -1.03. The Balaban J connectivity index is 3.23. The standard InChI is InChI=1S/C9H6BrNO2S/c1-13-8-3-2-6(10)4-7(8)9(12)11-5-14/h2-4H,1H3. The summed E-state index contributed by atoms with van der Waals surface area (Å²) < 4.78 is 5.78. The van der Waals surface area contributed by atoms with Gasteiger partial charge in [0.1, 0.15) is 5.75 Å². The summed E-state index contributed by atoms with van der Waals surface area (Å²) in [6.45, 7) is 0. The van der Waals surface area contributed by atoms with Gasteiger partial charge in [-0.25, -0.2) is 0 Å². The summed E-state index contributed by atoms with van der Waals surface area (Å²) in [5.41, 5.74) is 0.360. The summed E-state index contributed by atoms with van der Waals surface area (Å²) in [5.74, 6) is 0.00495. The molecular formula is C9H6BrNO2S. The van der Waals surface area contributed by atoms with Crippen LogP contribution in [-0.2, 0) is 0 Å². The Kier molecular flexibility index (Phi) is 3.95. The van der Waals surface area contributed by atoms with Crippen LogP contribution in [0, 0.1) is 0 Å². The largest absolute Gasteiger partial charge is 0.496 e. The van der Waals surface area contributed by atoms with Gasteiger partial charge in [-0.15, -0.1) is 0 Å². The van der Waals surface area contributed by atoms with E-state index in [1.165, 1.54) is 7.11 Å². The average molecular weight is 272 g/mol. The van der Waals surface area contributed by atoms with Gasteiger partial charge in [-0.3, -0.25) is 4.79 Å². The number of nitrogens with zero attached hydrogens (tertiary/aromatic N) is 1. The molecule has 72 valence electrons. The maximum atomic E-state index is 11.4. The highest BCUT2D eigenvalue weighted by Gasteiger charge is 2.11. The van der Waals surface area contributed by atoms with Crippen LogP contribution in [0.15, 0.2) is 27.7 Å². The molecule has 0 atom stereocenters. The van der Waals surface area contributed by atoms with Crippen LogP contribution in [0.4, 0.5) is 0 Å². The Bertz CT molecular complexity index is 413. The summed E-state index contributed by atoms with van der Waals surface area (Å²) in [6, 6.07) is 5.07. The summed E-state index contributed by atoms with van der Waals surface area (Å²) >= 11 is 7.60. The number of isothiocyanates is 1. The minimum atomic E-state index is -0.460. The predicted molar refractivity (Wildman–Crippen MR) is 60.1 cm³/mol. The van der Waals surface area contributed by atoms with Crippen molar-refractivity contribution < 1.29 is 9.53 Å². The number of ether oxygens (including phenoxy) is 1. The molecule has 1 rings (SSSR count). The molecule has 0 N–H and O–H groups in total. The third-order valence-electron chi connectivity index (χ3n) is 1.54. The van der Waals surface area contributed by atoms with Gasteiger partial charge < -0.3 is 4.74 Å². The van der Waals surface area contributed by atoms with Crippen LogP contribution in [0.3, 0.4) is 0 Å². The molecule has 0 saturated carbocycles. The van der Waals surface area contributed by atoms with Gasteiger partial charge in [0.2, 0.25) is 0 Å². The molecule has 1 aromatic carbocycles. The third kappa shape index (κ3) is 2.48. The average Bonchev–Trinajstić information content (AvgIpc) is 2.18. The monoisotopic (exact) mass is 271 g/mol. The third-order valence-corrected chi connectivity index (χ3v) is 2.12. The number of benzene rings is 1. The fourth-order valence-corrected chi connectivity index (χ4v) is 1.39. The topological polar surface area (TPSA) is 38.7 Å². The Morgan fingerprint density at radius 1 is 1.64 bits per heavy atom. The van der Waals surface area contributed by atoms with Crippen molar-refractivity contribution in [1.29, 1.82) is 0 Å². The van der Waals surface area contributed by atoms with E-state index in [1.54, 1.807) is 18.2 Å². The van der Waals surface area contributed by atoms with Crippen molar-refractivity contribution in [2.24, 2.45) is 4.99 Å². The van der Waals surface area contributed by atoms with Gasteiger partial charge in [-0.2, -0.15) is 4.99 Å². The number of carbonyl (C=O) groups excluding carboxylic acids is 1. The molecule has 0 aliphatic carbocycles. The first-order valence-electron chi connectivity index (χ1n) is 3.64. The second-order valence-corrected chi connectivity index (χ2v) is 3.45. The smallest absolute Gasteiger partial charge is 0.289 e. The first-order valence-corrected chi connectivity index (χ1v) is 4.85. The van der Waals surface area contributed by atoms with Crippen LogP contribution in [0.2, 0.25) is 0 Å². The SMILES string of the molecule is COc1ccc(Br)cc1C(=O)N=C=S. The van der Waals surface area contributed by atoms with Crippen LogP contribution in [-0.4, -0.2) is 18.2 Å². The van der Waals surface area contributed by atoms with Gasteiger partial charge in [0.15, 0.2) is 0 Å². The van der Waals surface area contributed by atoms with Gasteiger partial charge in [-0.05, 0) is 30.4 Å². The zero-order chi connectivity index (χ0) is 10.6. The highest BCUT2D eigenvalue weighted by atomic mass is 79.9. The Morgan fingerprint density at radius 3 is 2.93 bits per heavy atom. The molecule has 1 aromatic rings. The number of aliphatic imine (C=N–C) groups is 1. The molecule has 0 radical (unpaired) electrons. The lowest BCUT2D eigenvalue weighted by Crippen LogP contribution is -1.98. The molecule has 3 nitrogen and oxygen atoms in total. The van der Waals surface area contributed by atoms with Crippen molar-refractivity contribution in [2.45, 2.75) is 0 Å². The van der Waals surface area contributed by atoms with Crippen molar-refractivity contribution in [3.63, 3.8) is 0 Å². The maximum absolute atomic E-state index is 11.4. The summed E-state index contributed by atoms with van der Waals surface area (Å²) in [6.07, 6.45) is 0. The zero-order valence-corrected chi connectivity index (χ0v) is 9.68. The summed E-state index contributed by atoms with van der Waals surface area (Å²) in [5, 5.41) is 2.02. The molecule has 0 aliphatic heterocycles. The maximum Gasteiger partial charge on any atom is 0.289 e. The quantitative estimate of drug-likeness (QED) is 0.613. The van der Waals surface area contributed by atoms with Crippen LogP contribution in [0.5, 0.6) is 5.75 Å². The van der Waals surface area contributed by atoms with Crippen molar-refractivity contribution in [3.8, 4) is 5.75 Å². The molecule has 14 heavy (non-hydrogen) atoms. The molecule has 0 aromatic heterocycles. The van der Waals surface area contributed by atoms with E-state index in [0.29, 0.717) is 11.3 Å². The number of carbonyl (C=O) groups is 1. The lowest BCUT2D eigenvalue weighted by molar-refractivity contribution is 0.100. The second-order valence-electron chi connectivity index (χ2n) is 2.35. The molecule has 0 unspecified atom stereocenters. The number of rotatable bonds is 2. The van der Waals surface area contributed by atoms with E-state index in [1.807, 2.05) is 5.16 Å². The lowest BCUT2D eigenvalue weighted by atomic mass is 10.2. The first kappa shape index (κ1) is 11.0. The predicted octanol–water partition coefficient (Wildman–Crippen LogP) is 2.70.